The van der Waals surface area contributed by atoms with Crippen molar-refractivity contribution in [3.8, 4) is 0 Å². The van der Waals surface area contributed by atoms with Crippen molar-refractivity contribution in [3.63, 3.8) is 0 Å². The first kappa shape index (κ1) is 25.3. The molecule has 1 aliphatic carbocycles. The second-order valence-electron chi connectivity index (χ2n) is 8.11. The fourth-order valence-corrected chi connectivity index (χ4v) is 5.62. The number of rotatable bonds is 12. The highest BCUT2D eigenvalue weighted by Gasteiger charge is 2.39. The summed E-state index contributed by atoms with van der Waals surface area (Å²) in [7, 11) is 0. The third-order valence-corrected chi connectivity index (χ3v) is 7.62. The number of ether oxygens (including phenoxy) is 1. The Morgan fingerprint density at radius 3 is 2.77 bits per heavy atom. The summed E-state index contributed by atoms with van der Waals surface area (Å²) in [6.07, 6.45) is 10.00. The van der Waals surface area contributed by atoms with Gasteiger partial charge < -0.3 is 9.84 Å². The molecule has 0 saturated heterocycles. The molecule has 0 radical (unpaired) electrons. The van der Waals surface area contributed by atoms with Crippen LogP contribution < -0.4 is 0 Å². The van der Waals surface area contributed by atoms with E-state index in [-0.39, 0.29) is 11.8 Å². The molecule has 4 atom stereocenters. The number of carboxylic acid groups (broad SMARTS) is 1. The molecule has 1 fully saturated rings. The van der Waals surface area contributed by atoms with Gasteiger partial charge in [0.2, 0.25) is 0 Å². The summed E-state index contributed by atoms with van der Waals surface area (Å²) in [6, 6.07) is 6.10. The molecule has 2 unspecified atom stereocenters. The summed E-state index contributed by atoms with van der Waals surface area (Å²) in [5.41, 5.74) is 2.25. The molecular weight excluding hydrogens is 487 g/mol. The average molecular weight is 518 g/mol. The Bertz CT molecular complexity index is 750. The van der Waals surface area contributed by atoms with Gasteiger partial charge in [-0.1, -0.05) is 52.3 Å². The smallest absolute Gasteiger partial charge is 0.303 e. The maximum absolute atomic E-state index is 10.6. The Labute approximate surface area is 198 Å². The molecule has 1 aliphatic rings. The van der Waals surface area contributed by atoms with E-state index in [1.165, 1.54) is 5.56 Å². The van der Waals surface area contributed by atoms with Crippen LogP contribution in [0, 0.1) is 11.8 Å². The predicted octanol–water partition coefficient (Wildman–Crippen LogP) is 7.53. The van der Waals surface area contributed by atoms with Gasteiger partial charge in [-0.15, -0.1) is 11.6 Å². The van der Waals surface area contributed by atoms with Crippen LogP contribution in [0.25, 0.3) is 0 Å². The molecule has 0 aromatic heterocycles. The van der Waals surface area contributed by atoms with Crippen LogP contribution in [0.2, 0.25) is 5.02 Å². The number of carbonyl (C=O) groups is 1. The van der Waals surface area contributed by atoms with E-state index in [0.717, 1.165) is 42.7 Å². The lowest BCUT2D eigenvalue weighted by atomic mass is 9.87. The lowest BCUT2D eigenvalue weighted by molar-refractivity contribution is -0.137. The van der Waals surface area contributed by atoms with E-state index in [9.17, 15) is 4.79 Å². The summed E-state index contributed by atoms with van der Waals surface area (Å²) in [6.45, 7) is 6.08. The van der Waals surface area contributed by atoms with Crippen LogP contribution in [-0.2, 0) is 22.6 Å². The SMILES string of the molecule is C=C(C)OCc1cc(Cl)cc(CC[C@H]2C(Cl)C(Br)C[C@@H]2C/C=C\CCCC(=O)O)c1. The number of aryl methyl sites for hydroxylation is 1. The van der Waals surface area contributed by atoms with Gasteiger partial charge in [0.05, 0.1) is 5.76 Å². The minimum Gasteiger partial charge on any atom is -0.494 e. The fourth-order valence-electron chi connectivity index (χ4n) is 4.03. The maximum atomic E-state index is 10.6. The molecule has 0 spiro atoms. The number of allylic oxidation sites excluding steroid dienone is 3. The summed E-state index contributed by atoms with van der Waals surface area (Å²) in [4.78, 5) is 10.9. The van der Waals surface area contributed by atoms with Crippen molar-refractivity contribution in [2.24, 2.45) is 11.8 Å². The second-order valence-corrected chi connectivity index (χ2v) is 10.2. The molecule has 1 aromatic carbocycles. The number of hydrogen-bond donors (Lipinski definition) is 1. The topological polar surface area (TPSA) is 46.5 Å². The summed E-state index contributed by atoms with van der Waals surface area (Å²) < 4.78 is 5.53. The molecule has 0 aliphatic heterocycles. The minimum atomic E-state index is -0.735. The van der Waals surface area contributed by atoms with Crippen LogP contribution in [0.5, 0.6) is 0 Å². The van der Waals surface area contributed by atoms with E-state index in [2.05, 4.69) is 40.7 Å². The minimum absolute atomic E-state index is 0.112. The van der Waals surface area contributed by atoms with Gasteiger partial charge in [-0.05, 0) is 80.5 Å². The molecule has 1 N–H and O–H groups in total. The van der Waals surface area contributed by atoms with Gasteiger partial charge in [-0.2, -0.15) is 0 Å². The van der Waals surface area contributed by atoms with E-state index in [1.807, 2.05) is 19.1 Å². The van der Waals surface area contributed by atoms with Crippen molar-refractivity contribution in [3.05, 3.63) is 58.8 Å². The third-order valence-electron chi connectivity index (χ3n) is 5.52. The molecule has 0 heterocycles. The Kier molecular flexibility index (Phi) is 10.8. The quantitative estimate of drug-likeness (QED) is 0.135. The number of alkyl halides is 2. The predicted molar refractivity (Wildman–Crippen MR) is 129 cm³/mol. The van der Waals surface area contributed by atoms with Crippen molar-refractivity contribution in [1.82, 2.24) is 0 Å². The Morgan fingerprint density at radius 1 is 1.33 bits per heavy atom. The highest BCUT2D eigenvalue weighted by atomic mass is 79.9. The van der Waals surface area contributed by atoms with Gasteiger partial charge >= 0.3 is 5.97 Å². The van der Waals surface area contributed by atoms with Crippen molar-refractivity contribution in [2.45, 2.75) is 68.7 Å². The van der Waals surface area contributed by atoms with E-state index in [0.29, 0.717) is 35.4 Å². The molecule has 0 amide bonds. The first-order valence-corrected chi connectivity index (χ1v) is 12.2. The van der Waals surface area contributed by atoms with Crippen LogP contribution in [0.1, 0.15) is 56.6 Å². The lowest BCUT2D eigenvalue weighted by Crippen LogP contribution is -2.18. The molecule has 0 bridgehead atoms. The van der Waals surface area contributed by atoms with Gasteiger partial charge in [-0.25, -0.2) is 0 Å². The van der Waals surface area contributed by atoms with Gasteiger partial charge in [-0.3, -0.25) is 4.79 Å². The first-order chi connectivity index (χ1) is 14.3. The Balaban J connectivity index is 1.92. The van der Waals surface area contributed by atoms with Crippen molar-refractivity contribution in [2.75, 3.05) is 0 Å². The maximum Gasteiger partial charge on any atom is 0.303 e. The molecule has 3 nitrogen and oxygen atoms in total. The van der Waals surface area contributed by atoms with E-state index >= 15 is 0 Å². The zero-order valence-electron chi connectivity index (χ0n) is 17.5. The number of halogens is 3. The van der Waals surface area contributed by atoms with Crippen LogP contribution >= 0.6 is 39.1 Å². The van der Waals surface area contributed by atoms with E-state index < -0.39 is 5.97 Å². The van der Waals surface area contributed by atoms with Crippen molar-refractivity contribution in [1.29, 1.82) is 0 Å². The third kappa shape index (κ3) is 8.64. The van der Waals surface area contributed by atoms with Crippen LogP contribution in [0.15, 0.2) is 42.7 Å². The Morgan fingerprint density at radius 2 is 2.07 bits per heavy atom. The van der Waals surface area contributed by atoms with E-state index in [4.69, 9.17) is 33.0 Å². The van der Waals surface area contributed by atoms with Gasteiger partial charge in [0.25, 0.3) is 0 Å². The highest BCUT2D eigenvalue weighted by Crippen LogP contribution is 2.44. The number of unbranched alkanes of at least 4 members (excludes halogenated alkanes) is 1. The Hall–Kier alpha value is -0.970. The number of hydrogen-bond acceptors (Lipinski definition) is 2. The van der Waals surface area contributed by atoms with Crippen LogP contribution in [0.3, 0.4) is 0 Å². The monoisotopic (exact) mass is 516 g/mol. The standard InChI is InChI=1S/C24H31BrCl2O3/c1-16(2)30-15-18-11-17(12-20(26)13-18)9-10-21-19(14-22(25)24(21)27)7-5-3-4-6-8-23(28)29/h3,5,11-13,19,21-22,24H,1,4,6-10,14-15H2,2H3,(H,28,29)/b5-3-/t19-,21+,22?,24?/m0/s1. The molecule has 1 aromatic rings. The largest absolute Gasteiger partial charge is 0.494 e. The number of carboxylic acids is 1. The fraction of sp³-hybridized carbons (Fsp3) is 0.542. The molecule has 30 heavy (non-hydrogen) atoms. The zero-order valence-corrected chi connectivity index (χ0v) is 20.6. The first-order valence-electron chi connectivity index (χ1n) is 10.5. The highest BCUT2D eigenvalue weighted by molar-refractivity contribution is 9.09. The van der Waals surface area contributed by atoms with Gasteiger partial charge in [0.15, 0.2) is 0 Å². The number of aliphatic carboxylic acids is 1. The van der Waals surface area contributed by atoms with Crippen LogP contribution in [0.4, 0.5) is 0 Å². The normalized spacial score (nSPS) is 23.7. The molecule has 6 heteroatoms. The summed E-state index contributed by atoms with van der Waals surface area (Å²) in [5, 5.41) is 9.55. The lowest BCUT2D eigenvalue weighted by Gasteiger charge is -2.21. The molecule has 1 saturated carbocycles. The molecular formula is C24H31BrCl2O3. The summed E-state index contributed by atoms with van der Waals surface area (Å²) in [5.74, 6) is 0.906. The van der Waals surface area contributed by atoms with Crippen molar-refractivity contribution >= 4 is 45.1 Å². The summed E-state index contributed by atoms with van der Waals surface area (Å²) >= 11 is 16.8. The number of benzene rings is 1. The average Bonchev–Trinajstić information content (AvgIpc) is 2.94. The van der Waals surface area contributed by atoms with Gasteiger partial charge in [0, 0.05) is 21.6 Å². The van der Waals surface area contributed by atoms with Gasteiger partial charge in [0.1, 0.15) is 6.61 Å². The second kappa shape index (κ2) is 12.8. The molecule has 2 rings (SSSR count). The molecule has 166 valence electrons. The van der Waals surface area contributed by atoms with E-state index in [1.54, 1.807) is 0 Å². The van der Waals surface area contributed by atoms with Crippen LogP contribution in [-0.4, -0.2) is 21.3 Å². The van der Waals surface area contributed by atoms with Crippen molar-refractivity contribution < 1.29 is 14.6 Å². The zero-order chi connectivity index (χ0) is 22.1.